The summed E-state index contributed by atoms with van der Waals surface area (Å²) in [6, 6.07) is 2.41. The van der Waals surface area contributed by atoms with Crippen molar-refractivity contribution in [3.05, 3.63) is 22.7 Å². The molecule has 94 valence electrons. The first-order chi connectivity index (χ1) is 8.79. The summed E-state index contributed by atoms with van der Waals surface area (Å²) in [6.45, 7) is 1.47. The maximum absolute atomic E-state index is 12.3. The molecule has 0 N–H and O–H groups in total. The average molecular weight is 246 g/mol. The van der Waals surface area contributed by atoms with E-state index in [1.807, 2.05) is 4.90 Å². The zero-order valence-corrected chi connectivity index (χ0v) is 9.95. The number of ether oxygens (including phenoxy) is 1. The number of aromatic nitrogens is 2. The van der Waals surface area contributed by atoms with Crippen LogP contribution in [0, 0.1) is 11.3 Å². The molecule has 1 aromatic heterocycles. The Morgan fingerprint density at radius 3 is 3.06 bits per heavy atom. The highest BCUT2D eigenvalue weighted by atomic mass is 16.5. The van der Waals surface area contributed by atoms with Gasteiger partial charge in [-0.15, -0.1) is 0 Å². The van der Waals surface area contributed by atoms with E-state index in [1.54, 1.807) is 17.0 Å². The summed E-state index contributed by atoms with van der Waals surface area (Å²) < 4.78 is 7.02. The van der Waals surface area contributed by atoms with Gasteiger partial charge in [-0.05, 0) is 12.8 Å². The zero-order valence-electron chi connectivity index (χ0n) is 9.95. The van der Waals surface area contributed by atoms with Crippen molar-refractivity contribution >= 4 is 5.82 Å². The van der Waals surface area contributed by atoms with Crippen LogP contribution in [0.15, 0.2) is 17.2 Å². The van der Waals surface area contributed by atoms with Gasteiger partial charge in [0.15, 0.2) is 11.9 Å². The largest absolute Gasteiger partial charge is 0.360 e. The number of anilines is 1. The van der Waals surface area contributed by atoms with Gasteiger partial charge in [0, 0.05) is 25.0 Å². The van der Waals surface area contributed by atoms with Gasteiger partial charge in [0.25, 0.3) is 5.56 Å². The van der Waals surface area contributed by atoms with Crippen molar-refractivity contribution in [1.29, 1.82) is 5.26 Å². The maximum atomic E-state index is 12.3. The summed E-state index contributed by atoms with van der Waals surface area (Å²) >= 11 is 0. The van der Waals surface area contributed by atoms with Crippen molar-refractivity contribution in [2.45, 2.75) is 25.0 Å². The number of hydrogen-bond donors (Lipinski definition) is 0. The highest BCUT2D eigenvalue weighted by molar-refractivity contribution is 5.37. The third-order valence-corrected chi connectivity index (χ3v) is 3.30. The Morgan fingerprint density at radius 1 is 1.50 bits per heavy atom. The van der Waals surface area contributed by atoms with Crippen molar-refractivity contribution in [3.63, 3.8) is 0 Å². The Balaban J connectivity index is 1.90. The summed E-state index contributed by atoms with van der Waals surface area (Å²) in [4.78, 5) is 18.3. The quantitative estimate of drug-likeness (QED) is 0.751. The first-order valence-electron chi connectivity index (χ1n) is 6.13. The van der Waals surface area contributed by atoms with Crippen molar-refractivity contribution in [2.75, 3.05) is 24.6 Å². The lowest BCUT2D eigenvalue weighted by Gasteiger charge is -2.30. The van der Waals surface area contributed by atoms with Crippen LogP contribution in [0.5, 0.6) is 0 Å². The van der Waals surface area contributed by atoms with Crippen LogP contribution in [0.1, 0.15) is 18.9 Å². The number of hydrogen-bond acceptors (Lipinski definition) is 5. The van der Waals surface area contributed by atoms with E-state index in [1.165, 1.54) is 0 Å². The zero-order chi connectivity index (χ0) is 12.5. The Labute approximate surface area is 104 Å². The second kappa shape index (κ2) is 4.42. The molecule has 2 heterocycles. The lowest BCUT2D eigenvalue weighted by atomic mass is 10.3. The van der Waals surface area contributed by atoms with Gasteiger partial charge in [-0.3, -0.25) is 4.79 Å². The number of morpholine rings is 1. The molecule has 0 spiro atoms. The molecular formula is C12H14N4O2. The lowest BCUT2D eigenvalue weighted by molar-refractivity contribution is 0.0760. The minimum atomic E-state index is -0.477. The van der Waals surface area contributed by atoms with Gasteiger partial charge in [-0.1, -0.05) is 0 Å². The van der Waals surface area contributed by atoms with Gasteiger partial charge < -0.3 is 14.2 Å². The molecule has 1 aliphatic carbocycles. The van der Waals surface area contributed by atoms with Gasteiger partial charge in [-0.2, -0.15) is 5.26 Å². The van der Waals surface area contributed by atoms with Crippen molar-refractivity contribution in [3.8, 4) is 6.07 Å². The molecular weight excluding hydrogens is 232 g/mol. The van der Waals surface area contributed by atoms with Gasteiger partial charge in [-0.25, -0.2) is 4.98 Å². The van der Waals surface area contributed by atoms with E-state index in [0.717, 1.165) is 12.8 Å². The molecule has 3 rings (SSSR count). The summed E-state index contributed by atoms with van der Waals surface area (Å²) in [5, 5.41) is 8.87. The molecule has 2 aliphatic rings. The molecule has 6 nitrogen and oxygen atoms in total. The van der Waals surface area contributed by atoms with Crippen LogP contribution in [-0.2, 0) is 4.74 Å². The lowest BCUT2D eigenvalue weighted by Crippen LogP contribution is -2.45. The van der Waals surface area contributed by atoms with E-state index in [-0.39, 0.29) is 5.56 Å². The fourth-order valence-electron chi connectivity index (χ4n) is 2.19. The number of nitriles is 1. The summed E-state index contributed by atoms with van der Waals surface area (Å²) in [5.74, 6) is 0.438. The minimum absolute atomic E-state index is 0.0569. The monoisotopic (exact) mass is 246 g/mol. The molecule has 6 heteroatoms. The molecule has 1 atom stereocenters. The molecule has 1 unspecified atom stereocenters. The van der Waals surface area contributed by atoms with Crippen LogP contribution in [0.3, 0.4) is 0 Å². The van der Waals surface area contributed by atoms with Crippen LogP contribution < -0.4 is 10.5 Å². The molecule has 0 amide bonds. The Bertz CT molecular complexity index is 544. The first-order valence-corrected chi connectivity index (χ1v) is 6.13. The fraction of sp³-hybridized carbons (Fsp3) is 0.583. The van der Waals surface area contributed by atoms with Gasteiger partial charge in [0.2, 0.25) is 0 Å². The molecule has 0 bridgehead atoms. The average Bonchev–Trinajstić information content (AvgIpc) is 3.23. The fourth-order valence-corrected chi connectivity index (χ4v) is 2.19. The molecule has 2 fully saturated rings. The van der Waals surface area contributed by atoms with Crippen molar-refractivity contribution in [1.82, 2.24) is 9.55 Å². The van der Waals surface area contributed by atoms with Crippen molar-refractivity contribution < 1.29 is 4.74 Å². The molecule has 18 heavy (non-hydrogen) atoms. The number of nitrogens with zero attached hydrogens (tertiary/aromatic N) is 4. The predicted octanol–water partition coefficient (Wildman–Crippen LogP) is 0.307. The van der Waals surface area contributed by atoms with Gasteiger partial charge in [0.05, 0.1) is 19.2 Å². The van der Waals surface area contributed by atoms with Crippen LogP contribution in [0.4, 0.5) is 5.82 Å². The Morgan fingerprint density at radius 2 is 2.33 bits per heavy atom. The third-order valence-electron chi connectivity index (χ3n) is 3.30. The van der Waals surface area contributed by atoms with E-state index < -0.39 is 6.10 Å². The van der Waals surface area contributed by atoms with E-state index in [9.17, 15) is 4.79 Å². The highest BCUT2D eigenvalue weighted by Crippen LogP contribution is 2.33. The standard InChI is InChI=1S/C12H14N4O2/c13-7-10-8-15(5-6-18-10)11-12(17)16(4-3-14-11)9-1-2-9/h3-4,9-10H,1-2,5-6,8H2. The molecule has 0 radical (unpaired) electrons. The summed E-state index contributed by atoms with van der Waals surface area (Å²) in [7, 11) is 0. The van der Waals surface area contributed by atoms with Gasteiger partial charge >= 0.3 is 0 Å². The van der Waals surface area contributed by atoms with Crippen molar-refractivity contribution in [2.24, 2.45) is 0 Å². The number of rotatable bonds is 2. The third kappa shape index (κ3) is 1.97. The normalized spacial score (nSPS) is 23.7. The van der Waals surface area contributed by atoms with Crippen LogP contribution in [0.2, 0.25) is 0 Å². The van der Waals surface area contributed by atoms with Gasteiger partial charge in [0.1, 0.15) is 0 Å². The molecule has 1 aromatic rings. The first kappa shape index (κ1) is 11.2. The Hall–Kier alpha value is -1.87. The van der Waals surface area contributed by atoms with E-state index in [4.69, 9.17) is 10.00 Å². The second-order valence-corrected chi connectivity index (χ2v) is 4.63. The Kier molecular flexibility index (Phi) is 2.76. The van der Waals surface area contributed by atoms with E-state index in [2.05, 4.69) is 11.1 Å². The topological polar surface area (TPSA) is 71.2 Å². The predicted molar refractivity (Wildman–Crippen MR) is 64.3 cm³/mol. The SMILES string of the molecule is N#CC1CN(c2nccn(C3CC3)c2=O)CCO1. The van der Waals surface area contributed by atoms with E-state index >= 15 is 0 Å². The van der Waals surface area contributed by atoms with Crippen LogP contribution in [0.25, 0.3) is 0 Å². The van der Waals surface area contributed by atoms with Crippen LogP contribution in [-0.4, -0.2) is 35.4 Å². The summed E-state index contributed by atoms with van der Waals surface area (Å²) in [6.07, 6.45) is 5.05. The smallest absolute Gasteiger partial charge is 0.293 e. The molecule has 1 aliphatic heterocycles. The molecule has 1 saturated carbocycles. The van der Waals surface area contributed by atoms with Crippen LogP contribution >= 0.6 is 0 Å². The minimum Gasteiger partial charge on any atom is -0.360 e. The summed E-state index contributed by atoms with van der Waals surface area (Å²) in [5.41, 5.74) is -0.0569. The van der Waals surface area contributed by atoms with E-state index in [0.29, 0.717) is 31.6 Å². The second-order valence-electron chi connectivity index (χ2n) is 4.63. The molecule has 1 saturated heterocycles. The highest BCUT2D eigenvalue weighted by Gasteiger charge is 2.28. The molecule has 0 aromatic carbocycles. The maximum Gasteiger partial charge on any atom is 0.293 e.